The summed E-state index contributed by atoms with van der Waals surface area (Å²) in [4.78, 5) is 0. The molecule has 0 saturated carbocycles. The first-order valence-corrected chi connectivity index (χ1v) is 2.08. The standard InChI is InChI=1S/C4H8O.Be.2H/c1-2-4-5-3-1;;;/h1-4H2;;;. The average Bonchev–Trinajstić information content (AvgIpc) is 1.76. The van der Waals surface area contributed by atoms with E-state index in [1.165, 1.54) is 12.8 Å². The van der Waals surface area contributed by atoms with Gasteiger partial charge >= 0.3 is 10.1 Å². The summed E-state index contributed by atoms with van der Waals surface area (Å²) in [6.07, 6.45) is 2.56. The first-order chi connectivity index (χ1) is 2.50. The summed E-state index contributed by atoms with van der Waals surface area (Å²) in [7, 11) is 0. The second-order valence-electron chi connectivity index (χ2n) is 1.32. The van der Waals surface area contributed by atoms with Gasteiger partial charge in [0.1, 0.15) is 0 Å². The molecule has 1 nitrogen and oxygen atoms in total. The molecule has 0 aromatic rings. The Morgan fingerprint density at radius 1 is 1.00 bits per heavy atom. The molecular formula is C4H10BeO. The average molecular weight is 83.1 g/mol. The van der Waals surface area contributed by atoms with Crippen LogP contribution < -0.4 is 0 Å². The molecule has 1 rings (SSSR count). The molecule has 1 aliphatic heterocycles. The molecule has 0 N–H and O–H groups in total. The van der Waals surface area contributed by atoms with Crippen LogP contribution in [-0.4, -0.2) is 23.3 Å². The van der Waals surface area contributed by atoms with Crippen molar-refractivity contribution in [3.8, 4) is 0 Å². The summed E-state index contributed by atoms with van der Waals surface area (Å²) in [6.45, 7) is 2.00. The minimum absolute atomic E-state index is 0. The van der Waals surface area contributed by atoms with Crippen molar-refractivity contribution < 1.29 is 4.74 Å². The molecule has 0 aromatic carbocycles. The van der Waals surface area contributed by atoms with Gasteiger partial charge in [-0.25, -0.2) is 0 Å². The summed E-state index contributed by atoms with van der Waals surface area (Å²) in [6, 6.07) is 0. The van der Waals surface area contributed by atoms with Crippen molar-refractivity contribution >= 4 is 10.1 Å². The molecule has 2 heteroatoms. The zero-order valence-corrected chi connectivity index (χ0v) is 3.24. The monoisotopic (exact) mass is 83.1 g/mol. The summed E-state index contributed by atoms with van der Waals surface area (Å²) >= 11 is 0. The Kier molecular flexibility index (Phi) is 3.40. The maximum atomic E-state index is 4.94. The molecule has 0 unspecified atom stereocenters. The molecule has 6 heavy (non-hydrogen) atoms. The van der Waals surface area contributed by atoms with Crippen molar-refractivity contribution in [2.75, 3.05) is 13.2 Å². The molecule has 0 atom stereocenters. The van der Waals surface area contributed by atoms with E-state index in [4.69, 9.17) is 4.74 Å². The molecule has 0 bridgehead atoms. The Morgan fingerprint density at radius 3 is 1.67 bits per heavy atom. The van der Waals surface area contributed by atoms with Gasteiger partial charge in [0.2, 0.25) is 0 Å². The van der Waals surface area contributed by atoms with Crippen LogP contribution in [0.15, 0.2) is 0 Å². The van der Waals surface area contributed by atoms with E-state index in [2.05, 4.69) is 0 Å². The van der Waals surface area contributed by atoms with E-state index in [0.717, 1.165) is 13.2 Å². The van der Waals surface area contributed by atoms with Gasteiger partial charge in [0.15, 0.2) is 0 Å². The Morgan fingerprint density at radius 2 is 1.50 bits per heavy atom. The van der Waals surface area contributed by atoms with E-state index in [1.54, 1.807) is 0 Å². The second kappa shape index (κ2) is 3.32. The third-order valence-corrected chi connectivity index (χ3v) is 0.827. The number of hydrogen-bond donors (Lipinski definition) is 0. The van der Waals surface area contributed by atoms with Crippen molar-refractivity contribution in [1.82, 2.24) is 0 Å². The van der Waals surface area contributed by atoms with E-state index in [9.17, 15) is 0 Å². The fraction of sp³-hybridized carbons (Fsp3) is 1.00. The normalized spacial score (nSPS) is 20.0. The summed E-state index contributed by atoms with van der Waals surface area (Å²) < 4.78 is 4.94. The van der Waals surface area contributed by atoms with Crippen LogP contribution in [-0.2, 0) is 4.74 Å². The van der Waals surface area contributed by atoms with E-state index in [0.29, 0.717) is 0 Å². The third-order valence-electron chi connectivity index (χ3n) is 0.827. The molecule has 0 aromatic heterocycles. The molecule has 1 heterocycles. The zero-order chi connectivity index (χ0) is 3.54. The molecular weight excluding hydrogens is 73.1 g/mol. The van der Waals surface area contributed by atoms with Gasteiger partial charge in [-0.2, -0.15) is 0 Å². The fourth-order valence-electron chi connectivity index (χ4n) is 0.510. The van der Waals surface area contributed by atoms with Crippen LogP contribution >= 0.6 is 0 Å². The molecule has 1 aliphatic rings. The van der Waals surface area contributed by atoms with Gasteiger partial charge in [-0.15, -0.1) is 0 Å². The van der Waals surface area contributed by atoms with Crippen LogP contribution in [0.2, 0.25) is 0 Å². The topological polar surface area (TPSA) is 9.23 Å². The second-order valence-corrected chi connectivity index (χ2v) is 1.32. The first kappa shape index (κ1) is 6.13. The summed E-state index contributed by atoms with van der Waals surface area (Å²) in [5.41, 5.74) is 0. The third kappa shape index (κ3) is 1.54. The van der Waals surface area contributed by atoms with Crippen LogP contribution in [0, 0.1) is 0 Å². The Balaban J connectivity index is 0.000000250. The molecule has 1 fully saturated rings. The van der Waals surface area contributed by atoms with Crippen molar-refractivity contribution in [1.29, 1.82) is 0 Å². The van der Waals surface area contributed by atoms with Crippen molar-refractivity contribution in [2.45, 2.75) is 12.8 Å². The van der Waals surface area contributed by atoms with Gasteiger partial charge in [0.05, 0.1) is 0 Å². The van der Waals surface area contributed by atoms with Gasteiger partial charge in [-0.3, -0.25) is 0 Å². The van der Waals surface area contributed by atoms with Crippen LogP contribution in [0.4, 0.5) is 0 Å². The molecule has 0 amide bonds. The predicted molar refractivity (Wildman–Crippen MR) is 28.6 cm³/mol. The van der Waals surface area contributed by atoms with E-state index in [1.807, 2.05) is 0 Å². The van der Waals surface area contributed by atoms with Crippen LogP contribution in [0.1, 0.15) is 12.8 Å². The molecule has 34 valence electrons. The van der Waals surface area contributed by atoms with Gasteiger partial charge < -0.3 is 4.74 Å². The quantitative estimate of drug-likeness (QED) is 0.371. The SMILES string of the molecule is C1CCOC1.[BeH2]. The van der Waals surface area contributed by atoms with Crippen molar-refractivity contribution in [2.24, 2.45) is 0 Å². The van der Waals surface area contributed by atoms with Crippen LogP contribution in [0.25, 0.3) is 0 Å². The van der Waals surface area contributed by atoms with Gasteiger partial charge in [0, 0.05) is 13.2 Å². The summed E-state index contributed by atoms with van der Waals surface area (Å²) in [5, 5.41) is 0. The number of hydrogen-bond acceptors (Lipinski definition) is 1. The molecule has 0 radical (unpaired) electrons. The van der Waals surface area contributed by atoms with Crippen molar-refractivity contribution in [3.05, 3.63) is 0 Å². The maximum absolute atomic E-state index is 4.94. The zero-order valence-electron chi connectivity index (χ0n) is 3.24. The van der Waals surface area contributed by atoms with Gasteiger partial charge in [-0.1, -0.05) is 0 Å². The van der Waals surface area contributed by atoms with Gasteiger partial charge in [-0.05, 0) is 12.8 Å². The molecule has 0 aliphatic carbocycles. The molecule has 0 spiro atoms. The van der Waals surface area contributed by atoms with Crippen molar-refractivity contribution in [3.63, 3.8) is 0 Å². The Hall–Kier alpha value is 0.129. The van der Waals surface area contributed by atoms with E-state index < -0.39 is 0 Å². The minimum atomic E-state index is 0. The van der Waals surface area contributed by atoms with E-state index in [-0.39, 0.29) is 10.1 Å². The Bertz CT molecular complexity index is 19.1. The number of rotatable bonds is 0. The predicted octanol–water partition coefficient (Wildman–Crippen LogP) is -0.119. The van der Waals surface area contributed by atoms with Crippen LogP contribution in [0.3, 0.4) is 0 Å². The van der Waals surface area contributed by atoms with Crippen LogP contribution in [0.5, 0.6) is 0 Å². The fourth-order valence-corrected chi connectivity index (χ4v) is 0.510. The van der Waals surface area contributed by atoms with E-state index >= 15 is 0 Å². The van der Waals surface area contributed by atoms with Gasteiger partial charge in [0.25, 0.3) is 0 Å². The first-order valence-electron chi connectivity index (χ1n) is 2.08. The number of ether oxygens (including phenoxy) is 1. The Labute approximate surface area is 41.9 Å². The molecule has 1 saturated heterocycles. The summed E-state index contributed by atoms with van der Waals surface area (Å²) in [5.74, 6) is 0.